The molecule has 0 bridgehead atoms. The number of hydrogen-bond acceptors (Lipinski definition) is 6. The third-order valence-corrected chi connectivity index (χ3v) is 3.95. The maximum Gasteiger partial charge on any atom is 0.362 e. The highest BCUT2D eigenvalue weighted by atomic mass is 16.6. The van der Waals surface area contributed by atoms with Crippen LogP contribution in [-0.4, -0.2) is 24.2 Å². The number of carbonyl (C=O) groups is 1. The van der Waals surface area contributed by atoms with Crippen LogP contribution in [0.4, 0.5) is 0 Å². The number of aromatic nitrogens is 1. The van der Waals surface area contributed by atoms with Crippen molar-refractivity contribution < 1.29 is 23.7 Å². The molecule has 2 aromatic carbocycles. The van der Waals surface area contributed by atoms with Gasteiger partial charge in [-0.25, -0.2) is 9.78 Å². The molecule has 0 unspecified atom stereocenters. The number of rotatable bonds is 5. The molecule has 0 radical (unpaired) electrons. The number of benzene rings is 2. The van der Waals surface area contributed by atoms with Gasteiger partial charge in [0.05, 0.1) is 0 Å². The van der Waals surface area contributed by atoms with Gasteiger partial charge in [-0.1, -0.05) is 18.2 Å². The minimum absolute atomic E-state index is 0.258. The summed E-state index contributed by atoms with van der Waals surface area (Å²) in [6.45, 7) is 1.43. The number of para-hydroxylation sites is 1. The lowest BCUT2D eigenvalue weighted by molar-refractivity contribution is 0.0728. The topological polar surface area (TPSA) is 66.9 Å². The second kappa shape index (κ2) is 7.78. The normalized spacial score (nSPS) is 12.3. The molecule has 6 heteroatoms. The molecular weight excluding hydrogens is 346 g/mol. The average Bonchev–Trinajstić information content (AvgIpc) is 2.74. The van der Waals surface area contributed by atoms with Crippen molar-refractivity contribution in [1.29, 1.82) is 0 Å². The van der Waals surface area contributed by atoms with Gasteiger partial charge >= 0.3 is 5.97 Å². The molecule has 6 nitrogen and oxygen atoms in total. The van der Waals surface area contributed by atoms with Crippen molar-refractivity contribution in [3.05, 3.63) is 78.1 Å². The number of hydrogen-bond donors (Lipinski definition) is 0. The number of carbonyl (C=O) groups excluding carboxylic acids is 1. The summed E-state index contributed by atoms with van der Waals surface area (Å²) in [5.41, 5.74) is 1.17. The summed E-state index contributed by atoms with van der Waals surface area (Å²) < 4.78 is 22.4. The van der Waals surface area contributed by atoms with E-state index in [0.717, 1.165) is 17.1 Å². The third kappa shape index (κ3) is 4.00. The Morgan fingerprint density at radius 1 is 0.926 bits per heavy atom. The van der Waals surface area contributed by atoms with E-state index in [1.54, 1.807) is 48.7 Å². The lowest BCUT2D eigenvalue weighted by Crippen LogP contribution is -2.17. The van der Waals surface area contributed by atoms with Gasteiger partial charge in [0.25, 0.3) is 0 Å². The summed E-state index contributed by atoms with van der Waals surface area (Å²) in [6, 6.07) is 17.6. The van der Waals surface area contributed by atoms with Gasteiger partial charge in [0, 0.05) is 11.8 Å². The summed E-state index contributed by atoms with van der Waals surface area (Å²) in [6.07, 6.45) is 1.55. The Bertz CT molecular complexity index is 925. The molecule has 0 spiro atoms. The van der Waals surface area contributed by atoms with Crippen LogP contribution in [0, 0.1) is 0 Å². The Kier molecular flexibility index (Phi) is 4.87. The maximum absolute atomic E-state index is 12.0. The number of pyridine rings is 1. The summed E-state index contributed by atoms with van der Waals surface area (Å²) in [5, 5.41) is 0. The first-order valence-corrected chi connectivity index (χ1v) is 8.53. The van der Waals surface area contributed by atoms with Gasteiger partial charge in [0.15, 0.2) is 11.5 Å². The van der Waals surface area contributed by atoms with E-state index in [1.165, 1.54) is 0 Å². The smallest absolute Gasteiger partial charge is 0.362 e. The molecule has 27 heavy (non-hydrogen) atoms. The van der Waals surface area contributed by atoms with Gasteiger partial charge < -0.3 is 18.9 Å². The molecule has 3 aromatic rings. The van der Waals surface area contributed by atoms with Crippen LogP contribution in [0.5, 0.6) is 23.0 Å². The number of fused-ring (bicyclic) bond motifs is 1. The van der Waals surface area contributed by atoms with Crippen molar-refractivity contribution >= 4 is 5.97 Å². The Labute approximate surface area is 156 Å². The predicted molar refractivity (Wildman–Crippen MR) is 97.4 cm³/mol. The van der Waals surface area contributed by atoms with E-state index in [0.29, 0.717) is 31.3 Å². The van der Waals surface area contributed by atoms with Crippen molar-refractivity contribution in [2.45, 2.75) is 6.61 Å². The molecule has 0 N–H and O–H groups in total. The minimum Gasteiger partial charge on any atom is -0.489 e. The number of esters is 1. The maximum atomic E-state index is 12.0. The highest BCUT2D eigenvalue weighted by molar-refractivity contribution is 5.88. The summed E-state index contributed by atoms with van der Waals surface area (Å²) >= 11 is 0. The van der Waals surface area contributed by atoms with Gasteiger partial charge in [-0.3, -0.25) is 0 Å². The first-order chi connectivity index (χ1) is 13.3. The third-order valence-electron chi connectivity index (χ3n) is 3.95. The van der Waals surface area contributed by atoms with Gasteiger partial charge in [-0.2, -0.15) is 0 Å². The van der Waals surface area contributed by atoms with Gasteiger partial charge in [0.1, 0.15) is 37.0 Å². The van der Waals surface area contributed by atoms with E-state index < -0.39 is 5.97 Å². The number of nitrogens with zero attached hydrogens (tertiary/aromatic N) is 1. The van der Waals surface area contributed by atoms with Crippen LogP contribution in [0.2, 0.25) is 0 Å². The van der Waals surface area contributed by atoms with Gasteiger partial charge in [0.2, 0.25) is 0 Å². The summed E-state index contributed by atoms with van der Waals surface area (Å²) in [7, 11) is 0. The lowest BCUT2D eigenvalue weighted by atomic mass is 10.2. The molecule has 0 aliphatic carbocycles. The number of ether oxygens (including phenoxy) is 4. The van der Waals surface area contributed by atoms with E-state index in [9.17, 15) is 4.79 Å². The highest BCUT2D eigenvalue weighted by Crippen LogP contribution is 2.34. The second-order valence-corrected chi connectivity index (χ2v) is 5.81. The standard InChI is InChI=1S/C21H17NO5/c23-21(18-5-1-2-11-22-18)27-17-9-7-16(8-10-17)26-14-15-4-3-6-19-20(15)25-13-12-24-19/h1-11H,12-14H2. The highest BCUT2D eigenvalue weighted by Gasteiger charge is 2.16. The first-order valence-electron chi connectivity index (χ1n) is 8.53. The molecule has 1 aromatic heterocycles. The zero-order valence-electron chi connectivity index (χ0n) is 14.5. The second-order valence-electron chi connectivity index (χ2n) is 5.81. The molecule has 0 atom stereocenters. The van der Waals surface area contributed by atoms with Crippen molar-refractivity contribution in [1.82, 2.24) is 4.98 Å². The Balaban J connectivity index is 1.38. The average molecular weight is 363 g/mol. The molecule has 0 fully saturated rings. The lowest BCUT2D eigenvalue weighted by Gasteiger charge is -2.21. The molecule has 0 saturated heterocycles. The molecule has 2 heterocycles. The fraction of sp³-hybridized carbons (Fsp3) is 0.143. The van der Waals surface area contributed by atoms with Gasteiger partial charge in [-0.05, 0) is 42.5 Å². The zero-order valence-corrected chi connectivity index (χ0v) is 14.5. The van der Waals surface area contributed by atoms with Crippen LogP contribution in [0.1, 0.15) is 16.1 Å². The largest absolute Gasteiger partial charge is 0.489 e. The van der Waals surface area contributed by atoms with E-state index in [-0.39, 0.29) is 5.69 Å². The molecule has 1 aliphatic rings. The molecular formula is C21H17NO5. The summed E-state index contributed by atoms with van der Waals surface area (Å²) in [4.78, 5) is 16.0. The van der Waals surface area contributed by atoms with Crippen molar-refractivity contribution in [3.8, 4) is 23.0 Å². The fourth-order valence-electron chi connectivity index (χ4n) is 2.66. The van der Waals surface area contributed by atoms with Crippen LogP contribution in [-0.2, 0) is 6.61 Å². The van der Waals surface area contributed by atoms with Crippen molar-refractivity contribution in [2.24, 2.45) is 0 Å². The minimum atomic E-state index is -0.502. The fourth-order valence-corrected chi connectivity index (χ4v) is 2.66. The van der Waals surface area contributed by atoms with E-state index in [1.807, 2.05) is 18.2 Å². The zero-order chi connectivity index (χ0) is 18.5. The Morgan fingerprint density at radius 3 is 2.56 bits per heavy atom. The Morgan fingerprint density at radius 2 is 1.74 bits per heavy atom. The molecule has 136 valence electrons. The van der Waals surface area contributed by atoms with Crippen LogP contribution in [0.3, 0.4) is 0 Å². The van der Waals surface area contributed by atoms with Crippen molar-refractivity contribution in [2.75, 3.05) is 13.2 Å². The monoisotopic (exact) mass is 363 g/mol. The van der Waals surface area contributed by atoms with Crippen LogP contribution < -0.4 is 18.9 Å². The van der Waals surface area contributed by atoms with E-state index >= 15 is 0 Å². The van der Waals surface area contributed by atoms with E-state index in [4.69, 9.17) is 18.9 Å². The van der Waals surface area contributed by atoms with Crippen LogP contribution in [0.15, 0.2) is 66.9 Å². The molecule has 0 saturated carbocycles. The molecule has 0 amide bonds. The first kappa shape index (κ1) is 16.9. The van der Waals surface area contributed by atoms with Crippen LogP contribution >= 0.6 is 0 Å². The quantitative estimate of drug-likeness (QED) is 0.509. The summed E-state index contributed by atoms with van der Waals surface area (Å²) in [5.74, 6) is 2.04. The van der Waals surface area contributed by atoms with E-state index in [2.05, 4.69) is 4.98 Å². The van der Waals surface area contributed by atoms with Crippen molar-refractivity contribution in [3.63, 3.8) is 0 Å². The van der Waals surface area contributed by atoms with Crippen LogP contribution in [0.25, 0.3) is 0 Å². The molecule has 1 aliphatic heterocycles. The molecule has 4 rings (SSSR count). The Hall–Kier alpha value is -3.54. The van der Waals surface area contributed by atoms with Gasteiger partial charge in [-0.15, -0.1) is 0 Å². The SMILES string of the molecule is O=C(Oc1ccc(OCc2cccc3c2OCCO3)cc1)c1ccccn1. The predicted octanol–water partition coefficient (Wildman–Crippen LogP) is 3.65.